The number of phenols is 2. The molecule has 1 aliphatic rings. The molecule has 2 aromatic rings. The minimum atomic E-state index is -0.532. The Morgan fingerprint density at radius 3 is 2.70 bits per heavy atom. The van der Waals surface area contributed by atoms with E-state index in [0.717, 1.165) is 12.1 Å². The van der Waals surface area contributed by atoms with Gasteiger partial charge in [-0.05, 0) is 36.4 Å². The van der Waals surface area contributed by atoms with E-state index >= 15 is 0 Å². The van der Waals surface area contributed by atoms with Gasteiger partial charge in [-0.25, -0.2) is 4.39 Å². The molecule has 0 unspecified atom stereocenters. The van der Waals surface area contributed by atoms with Crippen LogP contribution in [0.15, 0.2) is 42.2 Å². The Kier molecular flexibility index (Phi) is 2.68. The highest BCUT2D eigenvalue weighted by molar-refractivity contribution is 6.14. The molecule has 5 heteroatoms. The van der Waals surface area contributed by atoms with Crippen LogP contribution in [0.25, 0.3) is 6.08 Å². The molecule has 20 heavy (non-hydrogen) atoms. The van der Waals surface area contributed by atoms with Gasteiger partial charge in [-0.15, -0.1) is 0 Å². The van der Waals surface area contributed by atoms with Gasteiger partial charge in [-0.2, -0.15) is 0 Å². The van der Waals surface area contributed by atoms with Crippen LogP contribution in [-0.4, -0.2) is 16.0 Å². The Hall–Kier alpha value is -2.82. The first-order valence-electron chi connectivity index (χ1n) is 5.80. The van der Waals surface area contributed by atoms with Gasteiger partial charge in [0.25, 0.3) is 0 Å². The van der Waals surface area contributed by atoms with Gasteiger partial charge < -0.3 is 14.9 Å². The summed E-state index contributed by atoms with van der Waals surface area (Å²) in [7, 11) is 0. The number of ether oxygens (including phenoxy) is 1. The van der Waals surface area contributed by atoms with E-state index in [0.29, 0.717) is 5.56 Å². The van der Waals surface area contributed by atoms with Crippen molar-refractivity contribution in [2.75, 3.05) is 0 Å². The van der Waals surface area contributed by atoms with Crippen molar-refractivity contribution in [3.63, 3.8) is 0 Å². The molecule has 2 N–H and O–H groups in total. The van der Waals surface area contributed by atoms with Gasteiger partial charge >= 0.3 is 0 Å². The molecule has 0 spiro atoms. The predicted molar refractivity (Wildman–Crippen MR) is 69.1 cm³/mol. The van der Waals surface area contributed by atoms with Gasteiger partial charge in [0.15, 0.2) is 5.76 Å². The highest BCUT2D eigenvalue weighted by atomic mass is 19.1. The number of halogens is 1. The largest absolute Gasteiger partial charge is 0.508 e. The van der Waals surface area contributed by atoms with E-state index in [9.17, 15) is 19.4 Å². The van der Waals surface area contributed by atoms with Crippen molar-refractivity contribution in [3.8, 4) is 17.2 Å². The zero-order chi connectivity index (χ0) is 14.3. The number of rotatable bonds is 1. The van der Waals surface area contributed by atoms with Crippen LogP contribution in [0, 0.1) is 5.82 Å². The van der Waals surface area contributed by atoms with E-state index in [1.807, 2.05) is 0 Å². The number of fused-ring (bicyclic) bond motifs is 1. The average Bonchev–Trinajstić information content (AvgIpc) is 2.70. The quantitative estimate of drug-likeness (QED) is 0.783. The predicted octanol–water partition coefficient (Wildman–Crippen LogP) is 2.85. The lowest BCUT2D eigenvalue weighted by Crippen LogP contribution is -1.98. The first-order valence-corrected chi connectivity index (χ1v) is 5.80. The van der Waals surface area contributed by atoms with Gasteiger partial charge in [0.05, 0.1) is 5.56 Å². The second-order valence-electron chi connectivity index (χ2n) is 4.32. The number of Topliss-reactive ketones (excluding diaryl/α,β-unsaturated/α-hetero) is 1. The van der Waals surface area contributed by atoms with Crippen molar-refractivity contribution in [1.82, 2.24) is 0 Å². The lowest BCUT2D eigenvalue weighted by molar-refractivity contribution is 0.101. The summed E-state index contributed by atoms with van der Waals surface area (Å²) in [6, 6.07) is 7.54. The Bertz CT molecular complexity index is 750. The first kappa shape index (κ1) is 12.2. The van der Waals surface area contributed by atoms with Crippen molar-refractivity contribution < 1.29 is 24.1 Å². The summed E-state index contributed by atoms with van der Waals surface area (Å²) < 4.78 is 18.5. The summed E-state index contributed by atoms with van der Waals surface area (Å²) in [6.45, 7) is 0. The maximum Gasteiger partial charge on any atom is 0.231 e. The van der Waals surface area contributed by atoms with Crippen LogP contribution >= 0.6 is 0 Å². The van der Waals surface area contributed by atoms with E-state index in [-0.39, 0.29) is 34.4 Å². The lowest BCUT2D eigenvalue weighted by atomic mass is 10.1. The first-order chi connectivity index (χ1) is 9.54. The number of phenolic OH excluding ortho intramolecular Hbond substituents is 2. The van der Waals surface area contributed by atoms with Gasteiger partial charge in [0, 0.05) is 11.6 Å². The molecule has 1 heterocycles. The van der Waals surface area contributed by atoms with Crippen molar-refractivity contribution in [2.24, 2.45) is 0 Å². The Morgan fingerprint density at radius 2 is 1.90 bits per heavy atom. The van der Waals surface area contributed by atoms with Crippen LogP contribution in [0.3, 0.4) is 0 Å². The minimum Gasteiger partial charge on any atom is -0.508 e. The summed E-state index contributed by atoms with van der Waals surface area (Å²) in [5, 5.41) is 19.0. The molecule has 100 valence electrons. The van der Waals surface area contributed by atoms with Gasteiger partial charge in [-0.1, -0.05) is 0 Å². The summed E-state index contributed by atoms with van der Waals surface area (Å²) in [4.78, 5) is 12.1. The number of benzene rings is 2. The Labute approximate surface area is 113 Å². The zero-order valence-electron chi connectivity index (χ0n) is 10.1. The third-order valence-electron chi connectivity index (χ3n) is 2.93. The molecule has 1 aliphatic heterocycles. The van der Waals surface area contributed by atoms with E-state index in [1.54, 1.807) is 0 Å². The summed E-state index contributed by atoms with van der Waals surface area (Å²) in [6.07, 6.45) is 1.26. The number of aromatic hydroxyl groups is 2. The SMILES string of the molecule is O=C1/C(=C/c2cc(F)ccc2O)Oc2cc(O)ccc21. The molecular weight excluding hydrogens is 263 g/mol. The monoisotopic (exact) mass is 272 g/mol. The third kappa shape index (κ3) is 1.99. The smallest absolute Gasteiger partial charge is 0.231 e. The van der Waals surface area contributed by atoms with Crippen LogP contribution < -0.4 is 4.74 Å². The van der Waals surface area contributed by atoms with Gasteiger partial charge in [-0.3, -0.25) is 4.79 Å². The van der Waals surface area contributed by atoms with Gasteiger partial charge in [0.1, 0.15) is 23.1 Å². The second-order valence-corrected chi connectivity index (χ2v) is 4.32. The summed E-state index contributed by atoms with van der Waals surface area (Å²) in [5.74, 6) is -0.900. The highest BCUT2D eigenvalue weighted by Gasteiger charge is 2.27. The van der Waals surface area contributed by atoms with Crippen molar-refractivity contribution >= 4 is 11.9 Å². The molecular formula is C15H9FO4. The molecule has 0 amide bonds. The van der Waals surface area contributed by atoms with Gasteiger partial charge in [0.2, 0.25) is 5.78 Å². The maximum absolute atomic E-state index is 13.1. The molecule has 4 nitrogen and oxygen atoms in total. The zero-order valence-corrected chi connectivity index (χ0v) is 10.1. The lowest BCUT2D eigenvalue weighted by Gasteiger charge is -2.01. The Morgan fingerprint density at radius 1 is 1.10 bits per heavy atom. The molecule has 2 aromatic carbocycles. The number of carbonyl (C=O) groups excluding carboxylic acids is 1. The molecule has 0 aromatic heterocycles. The number of hydrogen-bond acceptors (Lipinski definition) is 4. The van der Waals surface area contributed by atoms with E-state index in [4.69, 9.17) is 4.74 Å². The average molecular weight is 272 g/mol. The fraction of sp³-hybridized carbons (Fsp3) is 0. The molecule has 0 bridgehead atoms. The maximum atomic E-state index is 13.1. The van der Waals surface area contributed by atoms with E-state index in [1.165, 1.54) is 30.3 Å². The van der Waals surface area contributed by atoms with Crippen LogP contribution in [0.1, 0.15) is 15.9 Å². The standard InChI is InChI=1S/C15H9FO4/c16-9-1-4-12(18)8(5-9)6-14-15(19)11-3-2-10(17)7-13(11)20-14/h1-7,17-18H/b14-6-. The molecule has 0 fully saturated rings. The normalized spacial score (nSPS) is 15.2. The number of carbonyl (C=O) groups is 1. The molecule has 0 saturated carbocycles. The molecule has 0 saturated heterocycles. The Balaban J connectivity index is 2.03. The third-order valence-corrected chi connectivity index (χ3v) is 2.93. The fourth-order valence-corrected chi connectivity index (χ4v) is 1.96. The molecule has 3 rings (SSSR count). The van der Waals surface area contributed by atoms with E-state index in [2.05, 4.69) is 0 Å². The molecule has 0 aliphatic carbocycles. The summed E-state index contributed by atoms with van der Waals surface area (Å²) >= 11 is 0. The van der Waals surface area contributed by atoms with Crippen molar-refractivity contribution in [3.05, 3.63) is 59.1 Å². The van der Waals surface area contributed by atoms with Crippen LogP contribution in [0.2, 0.25) is 0 Å². The highest BCUT2D eigenvalue weighted by Crippen LogP contribution is 2.35. The fourth-order valence-electron chi connectivity index (χ4n) is 1.96. The summed E-state index contributed by atoms with van der Waals surface area (Å²) in [5.41, 5.74) is 0.454. The van der Waals surface area contributed by atoms with Crippen LogP contribution in [0.5, 0.6) is 17.2 Å². The van der Waals surface area contributed by atoms with Crippen molar-refractivity contribution in [2.45, 2.75) is 0 Å². The molecule has 0 atom stereocenters. The number of ketones is 1. The number of allylic oxidation sites excluding steroid dienone is 1. The van der Waals surface area contributed by atoms with Crippen molar-refractivity contribution in [1.29, 1.82) is 0 Å². The minimum absolute atomic E-state index is 0.0218. The van der Waals surface area contributed by atoms with Crippen LogP contribution in [0.4, 0.5) is 4.39 Å². The van der Waals surface area contributed by atoms with Crippen LogP contribution in [-0.2, 0) is 0 Å². The number of hydrogen-bond donors (Lipinski definition) is 2. The topological polar surface area (TPSA) is 66.8 Å². The molecule has 0 radical (unpaired) electrons. The second kappa shape index (κ2) is 4.38. The van der Waals surface area contributed by atoms with E-state index < -0.39 is 5.82 Å².